The van der Waals surface area contributed by atoms with Crippen molar-refractivity contribution in [3.8, 4) is 0 Å². The molecule has 0 saturated carbocycles. The van der Waals surface area contributed by atoms with Crippen molar-refractivity contribution in [3.05, 3.63) is 42.2 Å². The Bertz CT molecular complexity index is 619. The standard InChI is InChI=1S/C21H34FN5/c1-5-12-26-13-10-18(11-14-26)25-21(23-4)24-16-17-8-9-20(19(22)15-17)27(6-2)7-3/h5,8-9,15,18H,1,6-7,10-14,16H2,2-4H3,(H2,23,24,25). The molecule has 1 saturated heterocycles. The Kier molecular flexibility index (Phi) is 8.58. The molecule has 6 heteroatoms. The zero-order valence-electron chi connectivity index (χ0n) is 17.0. The number of hydrogen-bond acceptors (Lipinski definition) is 3. The van der Waals surface area contributed by atoms with E-state index in [0.717, 1.165) is 57.1 Å². The van der Waals surface area contributed by atoms with Crippen LogP contribution in [0.5, 0.6) is 0 Å². The van der Waals surface area contributed by atoms with E-state index < -0.39 is 0 Å². The van der Waals surface area contributed by atoms with E-state index in [1.54, 1.807) is 13.1 Å². The quantitative estimate of drug-likeness (QED) is 0.416. The van der Waals surface area contributed by atoms with Crippen molar-refractivity contribution in [2.24, 2.45) is 4.99 Å². The molecule has 2 N–H and O–H groups in total. The maximum absolute atomic E-state index is 14.4. The smallest absolute Gasteiger partial charge is 0.191 e. The first-order valence-electron chi connectivity index (χ1n) is 9.95. The number of benzene rings is 1. The van der Waals surface area contributed by atoms with Crippen molar-refractivity contribution in [3.63, 3.8) is 0 Å². The van der Waals surface area contributed by atoms with E-state index in [9.17, 15) is 4.39 Å². The van der Waals surface area contributed by atoms with Gasteiger partial charge in [0.2, 0.25) is 0 Å². The molecule has 1 fully saturated rings. The number of piperidine rings is 1. The summed E-state index contributed by atoms with van der Waals surface area (Å²) in [6.45, 7) is 13.1. The van der Waals surface area contributed by atoms with E-state index in [2.05, 4.69) is 27.1 Å². The molecule has 1 aliphatic rings. The molecule has 0 atom stereocenters. The van der Waals surface area contributed by atoms with Gasteiger partial charge in [-0.3, -0.25) is 9.89 Å². The minimum absolute atomic E-state index is 0.171. The molecular weight excluding hydrogens is 341 g/mol. The van der Waals surface area contributed by atoms with E-state index in [-0.39, 0.29) is 5.82 Å². The second-order valence-electron chi connectivity index (χ2n) is 6.89. The average molecular weight is 376 g/mol. The summed E-state index contributed by atoms with van der Waals surface area (Å²) in [4.78, 5) is 8.73. The SMILES string of the molecule is C=CCN1CCC(NC(=NC)NCc2ccc(N(CC)CC)c(F)c2)CC1. The third-order valence-corrected chi connectivity index (χ3v) is 5.12. The molecule has 5 nitrogen and oxygen atoms in total. The molecule has 2 rings (SSSR count). The number of halogens is 1. The Morgan fingerprint density at radius 1 is 1.33 bits per heavy atom. The van der Waals surface area contributed by atoms with Crippen molar-refractivity contribution in [1.29, 1.82) is 0 Å². The van der Waals surface area contributed by atoms with Gasteiger partial charge in [-0.15, -0.1) is 6.58 Å². The second kappa shape index (κ2) is 10.9. The number of nitrogens with zero attached hydrogens (tertiary/aromatic N) is 3. The molecule has 1 aliphatic heterocycles. The van der Waals surface area contributed by atoms with Crippen LogP contribution in [0.4, 0.5) is 10.1 Å². The van der Waals surface area contributed by atoms with E-state index in [1.807, 2.05) is 37.0 Å². The molecule has 0 radical (unpaired) electrons. The minimum atomic E-state index is -0.171. The van der Waals surface area contributed by atoms with Gasteiger partial charge >= 0.3 is 0 Å². The van der Waals surface area contributed by atoms with Crippen LogP contribution in [-0.2, 0) is 6.54 Å². The molecule has 0 spiro atoms. The molecule has 0 aromatic heterocycles. The third kappa shape index (κ3) is 6.24. The zero-order chi connectivity index (χ0) is 19.6. The molecule has 27 heavy (non-hydrogen) atoms. The first-order chi connectivity index (χ1) is 13.1. The fourth-order valence-corrected chi connectivity index (χ4v) is 3.50. The molecule has 0 amide bonds. The number of likely N-dealkylation sites (tertiary alicyclic amines) is 1. The molecular formula is C21H34FN5. The van der Waals surface area contributed by atoms with Crippen LogP contribution in [0, 0.1) is 5.82 Å². The molecule has 150 valence electrons. The number of hydrogen-bond donors (Lipinski definition) is 2. The highest BCUT2D eigenvalue weighted by molar-refractivity contribution is 5.80. The lowest BCUT2D eigenvalue weighted by molar-refractivity contribution is 0.225. The first-order valence-corrected chi connectivity index (χ1v) is 9.95. The number of anilines is 1. The van der Waals surface area contributed by atoms with Crippen molar-refractivity contribution >= 4 is 11.6 Å². The summed E-state index contributed by atoms with van der Waals surface area (Å²) in [5.41, 5.74) is 1.57. The Hall–Kier alpha value is -2.08. The van der Waals surface area contributed by atoms with Crippen LogP contribution in [0.1, 0.15) is 32.3 Å². The van der Waals surface area contributed by atoms with Gasteiger partial charge in [-0.25, -0.2) is 4.39 Å². The highest BCUT2D eigenvalue weighted by Gasteiger charge is 2.19. The van der Waals surface area contributed by atoms with Crippen LogP contribution in [0.2, 0.25) is 0 Å². The summed E-state index contributed by atoms with van der Waals surface area (Å²) in [5.74, 6) is 0.598. The number of guanidine groups is 1. The fraction of sp³-hybridized carbons (Fsp3) is 0.571. The molecule has 1 aromatic carbocycles. The zero-order valence-corrected chi connectivity index (χ0v) is 17.0. The van der Waals surface area contributed by atoms with Crippen LogP contribution in [0.3, 0.4) is 0 Å². The second-order valence-corrected chi connectivity index (χ2v) is 6.89. The predicted octanol–water partition coefficient (Wildman–Crippen LogP) is 2.99. The number of aliphatic imine (C=N–C) groups is 1. The first kappa shape index (κ1) is 21.2. The van der Waals surface area contributed by atoms with Gasteiger partial charge in [-0.05, 0) is 44.4 Å². The number of nitrogens with one attached hydrogen (secondary N) is 2. The lowest BCUT2D eigenvalue weighted by Gasteiger charge is -2.32. The van der Waals surface area contributed by atoms with E-state index in [0.29, 0.717) is 18.3 Å². The van der Waals surface area contributed by atoms with Gasteiger partial charge in [0.05, 0.1) is 5.69 Å². The van der Waals surface area contributed by atoms with Crippen molar-refractivity contribution in [2.45, 2.75) is 39.3 Å². The summed E-state index contributed by atoms with van der Waals surface area (Å²) in [6.07, 6.45) is 4.13. The van der Waals surface area contributed by atoms with Gasteiger partial charge in [0, 0.05) is 52.4 Å². The highest BCUT2D eigenvalue weighted by Crippen LogP contribution is 2.20. The summed E-state index contributed by atoms with van der Waals surface area (Å²) in [6, 6.07) is 5.87. The van der Waals surface area contributed by atoms with E-state index >= 15 is 0 Å². The van der Waals surface area contributed by atoms with Gasteiger partial charge in [-0.2, -0.15) is 0 Å². The lowest BCUT2D eigenvalue weighted by atomic mass is 10.1. The van der Waals surface area contributed by atoms with Gasteiger partial charge < -0.3 is 15.5 Å². The largest absolute Gasteiger partial charge is 0.370 e. The van der Waals surface area contributed by atoms with Crippen LogP contribution >= 0.6 is 0 Å². The summed E-state index contributed by atoms with van der Waals surface area (Å²) >= 11 is 0. The Morgan fingerprint density at radius 2 is 2.04 bits per heavy atom. The molecule has 0 aliphatic carbocycles. The third-order valence-electron chi connectivity index (χ3n) is 5.12. The van der Waals surface area contributed by atoms with Gasteiger partial charge in [0.25, 0.3) is 0 Å². The van der Waals surface area contributed by atoms with Crippen molar-refractivity contribution in [1.82, 2.24) is 15.5 Å². The van der Waals surface area contributed by atoms with E-state index in [4.69, 9.17) is 0 Å². The monoisotopic (exact) mass is 375 g/mol. The highest BCUT2D eigenvalue weighted by atomic mass is 19.1. The van der Waals surface area contributed by atoms with E-state index in [1.165, 1.54) is 0 Å². The predicted molar refractivity (Wildman–Crippen MR) is 113 cm³/mol. The van der Waals surface area contributed by atoms with Gasteiger partial charge in [0.15, 0.2) is 5.96 Å². The van der Waals surface area contributed by atoms with Crippen LogP contribution in [0.15, 0.2) is 35.8 Å². The minimum Gasteiger partial charge on any atom is -0.370 e. The molecule has 1 heterocycles. The average Bonchev–Trinajstić information content (AvgIpc) is 2.69. The van der Waals surface area contributed by atoms with Crippen LogP contribution < -0.4 is 15.5 Å². The van der Waals surface area contributed by atoms with Crippen LogP contribution in [0.25, 0.3) is 0 Å². The summed E-state index contributed by atoms with van der Waals surface area (Å²) in [7, 11) is 1.77. The Balaban J connectivity index is 1.85. The van der Waals surface area contributed by atoms with Crippen molar-refractivity contribution < 1.29 is 4.39 Å². The maximum atomic E-state index is 14.4. The van der Waals surface area contributed by atoms with Crippen LogP contribution in [-0.4, -0.2) is 56.7 Å². The number of rotatable bonds is 8. The normalized spacial score (nSPS) is 16.2. The lowest BCUT2D eigenvalue weighted by Crippen LogP contribution is -2.48. The van der Waals surface area contributed by atoms with Gasteiger partial charge in [-0.1, -0.05) is 12.1 Å². The Labute approximate surface area is 163 Å². The van der Waals surface area contributed by atoms with Crippen molar-refractivity contribution in [2.75, 3.05) is 44.7 Å². The molecule has 0 bridgehead atoms. The summed E-state index contributed by atoms with van der Waals surface area (Å²) in [5, 5.41) is 6.79. The Morgan fingerprint density at radius 3 is 2.59 bits per heavy atom. The fourth-order valence-electron chi connectivity index (χ4n) is 3.50. The molecule has 1 aromatic rings. The maximum Gasteiger partial charge on any atom is 0.191 e. The van der Waals surface area contributed by atoms with Gasteiger partial charge in [0.1, 0.15) is 5.82 Å². The molecule has 0 unspecified atom stereocenters. The topological polar surface area (TPSA) is 42.9 Å². The summed E-state index contributed by atoms with van der Waals surface area (Å²) < 4.78 is 14.4.